The van der Waals surface area contributed by atoms with Crippen molar-refractivity contribution < 1.29 is 0 Å². The van der Waals surface area contributed by atoms with Gasteiger partial charge in [-0.25, -0.2) is 0 Å². The van der Waals surface area contributed by atoms with Gasteiger partial charge in [0.2, 0.25) is 0 Å². The zero-order valence-corrected chi connectivity index (χ0v) is 17.9. The maximum absolute atomic E-state index is 4.30. The molecule has 7 rings (SSSR count). The molecule has 156 valence electrons. The van der Waals surface area contributed by atoms with Crippen LogP contribution < -0.4 is 0 Å². The van der Waals surface area contributed by atoms with E-state index >= 15 is 0 Å². The highest BCUT2D eigenvalue weighted by Gasteiger charge is 2.75. The average molecular weight is 415 g/mol. The van der Waals surface area contributed by atoms with Crippen molar-refractivity contribution in [2.45, 2.75) is 23.7 Å². The van der Waals surface area contributed by atoms with E-state index in [2.05, 4.69) is 94.9 Å². The van der Waals surface area contributed by atoms with Crippen LogP contribution in [-0.2, 0) is 0 Å². The molecule has 4 unspecified atom stereocenters. The van der Waals surface area contributed by atoms with Gasteiger partial charge in [-0.15, -0.1) is 0 Å². The fourth-order valence-electron chi connectivity index (χ4n) is 7.70. The van der Waals surface area contributed by atoms with E-state index in [0.29, 0.717) is 23.7 Å². The van der Waals surface area contributed by atoms with E-state index in [-0.39, 0.29) is 0 Å². The summed E-state index contributed by atoms with van der Waals surface area (Å²) >= 11 is 0. The summed E-state index contributed by atoms with van der Waals surface area (Å²) in [6.45, 7) is 0. The molecule has 0 bridgehead atoms. The summed E-state index contributed by atoms with van der Waals surface area (Å²) in [5.41, 5.74) is 5.94. The molecule has 8 atom stereocenters. The summed E-state index contributed by atoms with van der Waals surface area (Å²) in [5, 5.41) is 0. The Morgan fingerprint density at radius 3 is 0.938 bits per heavy atom. The van der Waals surface area contributed by atoms with Gasteiger partial charge in [0.15, 0.2) is 0 Å². The van der Waals surface area contributed by atoms with Crippen LogP contribution in [0.25, 0.3) is 0 Å². The van der Waals surface area contributed by atoms with Gasteiger partial charge in [-0.05, 0) is 93.9 Å². The molecule has 3 fully saturated rings. The predicted molar refractivity (Wildman–Crippen MR) is 126 cm³/mol. The third-order valence-corrected chi connectivity index (χ3v) is 8.76. The van der Waals surface area contributed by atoms with Crippen LogP contribution in [0.3, 0.4) is 0 Å². The molecule has 0 aliphatic heterocycles. The van der Waals surface area contributed by atoms with Crippen LogP contribution >= 0.6 is 0 Å². The van der Waals surface area contributed by atoms with E-state index in [0.717, 1.165) is 23.7 Å². The first-order valence-corrected chi connectivity index (χ1v) is 11.8. The van der Waals surface area contributed by atoms with Crippen LogP contribution in [0.4, 0.5) is 0 Å². The molecule has 2 aromatic carbocycles. The van der Waals surface area contributed by atoms with Crippen molar-refractivity contribution in [3.8, 4) is 0 Å². The van der Waals surface area contributed by atoms with Gasteiger partial charge in [0, 0.05) is 24.8 Å². The first-order chi connectivity index (χ1) is 15.9. The second kappa shape index (κ2) is 7.13. The fourth-order valence-corrected chi connectivity index (χ4v) is 7.70. The number of aromatic nitrogens is 2. The standard InChI is InChI=1S/C30H26N2/c1-3-7-19(8-4-1)23-25(21-11-15-31-16-12-21)29-27(23)30-26(22-13-17-32-18-14-22)24(28(29)30)20-9-5-2-6-10-20/h1-18,23-30H/t23-,24+,25+,26-,27?,28?,29?,30?. The predicted octanol–water partition coefficient (Wildman–Crippen LogP) is 6.42. The normalized spacial score (nSPS) is 34.2. The molecule has 2 nitrogen and oxygen atoms in total. The lowest BCUT2D eigenvalue weighted by Gasteiger charge is -2.78. The minimum atomic E-state index is 0.594. The zero-order chi connectivity index (χ0) is 21.1. The van der Waals surface area contributed by atoms with Crippen molar-refractivity contribution in [2.75, 3.05) is 0 Å². The molecule has 2 aromatic heterocycles. The molecule has 2 heteroatoms. The van der Waals surface area contributed by atoms with Crippen LogP contribution in [0.2, 0.25) is 0 Å². The molecular formula is C30H26N2. The topological polar surface area (TPSA) is 25.8 Å². The van der Waals surface area contributed by atoms with Gasteiger partial charge in [0.05, 0.1) is 0 Å². The number of hydrogen-bond donors (Lipinski definition) is 0. The molecule has 0 N–H and O–H groups in total. The lowest BCUT2D eigenvalue weighted by atomic mass is 9.25. The largest absolute Gasteiger partial charge is 0.265 e. The third kappa shape index (κ3) is 2.47. The number of hydrogen-bond acceptors (Lipinski definition) is 2. The van der Waals surface area contributed by atoms with Crippen LogP contribution in [-0.4, -0.2) is 9.97 Å². The highest BCUT2D eigenvalue weighted by atomic mass is 14.8. The Morgan fingerprint density at radius 1 is 0.344 bits per heavy atom. The summed E-state index contributed by atoms with van der Waals surface area (Å²) in [4.78, 5) is 8.60. The lowest BCUT2D eigenvalue weighted by Crippen LogP contribution is -2.71. The summed E-state index contributed by atoms with van der Waals surface area (Å²) in [6.07, 6.45) is 7.87. The Balaban J connectivity index is 1.32. The Hall–Kier alpha value is -3.26. The SMILES string of the molecule is c1ccc([C@@H]2C3C4C(C3[C@@H]2c2ccncc2)[C@H](c2ccccc2)[C@@H]4c2ccncc2)cc1. The summed E-state index contributed by atoms with van der Waals surface area (Å²) < 4.78 is 0. The molecule has 0 spiro atoms. The summed E-state index contributed by atoms with van der Waals surface area (Å²) in [7, 11) is 0. The highest BCUT2D eigenvalue weighted by Crippen LogP contribution is 2.83. The van der Waals surface area contributed by atoms with Gasteiger partial charge in [-0.2, -0.15) is 0 Å². The van der Waals surface area contributed by atoms with Gasteiger partial charge in [0.1, 0.15) is 0 Å². The second-order valence-electron chi connectivity index (χ2n) is 9.79. The summed E-state index contributed by atoms with van der Waals surface area (Å²) in [5.74, 6) is 5.44. The number of fused-ring (bicyclic) bond motifs is 4. The number of rotatable bonds is 4. The number of benzene rings is 2. The molecule has 3 aliphatic rings. The highest BCUT2D eigenvalue weighted by molar-refractivity contribution is 5.47. The van der Waals surface area contributed by atoms with Gasteiger partial charge >= 0.3 is 0 Å². The monoisotopic (exact) mass is 414 g/mol. The van der Waals surface area contributed by atoms with E-state index in [1.165, 1.54) is 22.3 Å². The van der Waals surface area contributed by atoms with Gasteiger partial charge in [-0.1, -0.05) is 60.7 Å². The van der Waals surface area contributed by atoms with E-state index in [1.54, 1.807) is 0 Å². The van der Waals surface area contributed by atoms with Crippen LogP contribution in [0.15, 0.2) is 110 Å². The Bertz CT molecular complexity index is 1000. The fraction of sp³-hybridized carbons (Fsp3) is 0.267. The third-order valence-electron chi connectivity index (χ3n) is 8.76. The first-order valence-electron chi connectivity index (χ1n) is 11.8. The van der Waals surface area contributed by atoms with Gasteiger partial charge in [-0.3, -0.25) is 9.97 Å². The zero-order valence-electron chi connectivity index (χ0n) is 17.9. The van der Waals surface area contributed by atoms with Gasteiger partial charge < -0.3 is 0 Å². The maximum Gasteiger partial charge on any atom is 0.0270 e. The van der Waals surface area contributed by atoms with E-state index < -0.39 is 0 Å². The molecule has 2 heterocycles. The summed E-state index contributed by atoms with van der Waals surface area (Å²) in [6, 6.07) is 31.5. The molecule has 0 amide bonds. The average Bonchev–Trinajstić information content (AvgIpc) is 2.85. The van der Waals surface area contributed by atoms with Crippen LogP contribution in [0.5, 0.6) is 0 Å². The Morgan fingerprint density at radius 2 is 0.625 bits per heavy atom. The van der Waals surface area contributed by atoms with Crippen LogP contribution in [0.1, 0.15) is 45.9 Å². The van der Waals surface area contributed by atoms with Crippen molar-refractivity contribution in [2.24, 2.45) is 23.7 Å². The van der Waals surface area contributed by atoms with Crippen LogP contribution in [0, 0.1) is 23.7 Å². The Kier molecular flexibility index (Phi) is 4.08. The first kappa shape index (κ1) is 18.3. The van der Waals surface area contributed by atoms with Crippen molar-refractivity contribution in [1.82, 2.24) is 9.97 Å². The van der Waals surface area contributed by atoms with Crippen molar-refractivity contribution in [3.05, 3.63) is 132 Å². The minimum Gasteiger partial charge on any atom is -0.265 e. The molecule has 32 heavy (non-hydrogen) atoms. The van der Waals surface area contributed by atoms with E-state index in [4.69, 9.17) is 0 Å². The lowest BCUT2D eigenvalue weighted by molar-refractivity contribution is -0.227. The molecule has 0 radical (unpaired) electrons. The number of nitrogens with zero attached hydrogens (tertiary/aromatic N) is 2. The van der Waals surface area contributed by atoms with Crippen molar-refractivity contribution >= 4 is 0 Å². The Labute approximate surface area is 189 Å². The van der Waals surface area contributed by atoms with Gasteiger partial charge in [0.25, 0.3) is 0 Å². The molecule has 3 aliphatic carbocycles. The van der Waals surface area contributed by atoms with Crippen molar-refractivity contribution in [3.63, 3.8) is 0 Å². The number of pyridine rings is 2. The molecule has 0 saturated heterocycles. The van der Waals surface area contributed by atoms with E-state index in [9.17, 15) is 0 Å². The molecule has 4 aromatic rings. The smallest absolute Gasteiger partial charge is 0.0270 e. The second-order valence-corrected chi connectivity index (χ2v) is 9.79. The minimum absolute atomic E-state index is 0.594. The quantitative estimate of drug-likeness (QED) is 0.385. The maximum atomic E-state index is 4.30. The van der Waals surface area contributed by atoms with E-state index in [1.807, 2.05) is 24.8 Å². The van der Waals surface area contributed by atoms with Crippen molar-refractivity contribution in [1.29, 1.82) is 0 Å². The molecule has 3 saturated carbocycles. The molecular weight excluding hydrogens is 388 g/mol.